The normalized spacial score (nSPS) is 24.6. The molecule has 1 saturated heterocycles. The Balaban J connectivity index is 2.03. The fourth-order valence-electron chi connectivity index (χ4n) is 2.74. The first-order chi connectivity index (χ1) is 9.19. The summed E-state index contributed by atoms with van der Waals surface area (Å²) in [5, 5.41) is 7.27. The Labute approximate surface area is 115 Å². The predicted molar refractivity (Wildman–Crippen MR) is 75.8 cm³/mol. The van der Waals surface area contributed by atoms with Crippen LogP contribution in [0.1, 0.15) is 32.9 Å². The number of rotatable bonds is 3. The van der Waals surface area contributed by atoms with Gasteiger partial charge in [0.1, 0.15) is 12.0 Å². The van der Waals surface area contributed by atoms with Crippen molar-refractivity contribution in [3.63, 3.8) is 0 Å². The number of nitrogens with one attached hydrogen (secondary N) is 1. The molecule has 0 radical (unpaired) electrons. The van der Waals surface area contributed by atoms with Crippen LogP contribution in [0.4, 0.5) is 0 Å². The molecule has 19 heavy (non-hydrogen) atoms. The largest absolute Gasteiger partial charge is 0.364 e. The molecule has 0 spiro atoms. The van der Waals surface area contributed by atoms with E-state index in [0.29, 0.717) is 6.54 Å². The number of guanidine groups is 1. The number of aromatic nitrogens is 1. The zero-order valence-corrected chi connectivity index (χ0v) is 12.1. The van der Waals surface area contributed by atoms with Crippen LogP contribution in [0, 0.1) is 11.8 Å². The molecule has 2 atom stereocenters. The maximum atomic E-state index is 4.83. The molecule has 5 nitrogen and oxygen atoms in total. The van der Waals surface area contributed by atoms with Crippen molar-refractivity contribution in [2.45, 2.75) is 33.7 Å². The van der Waals surface area contributed by atoms with Gasteiger partial charge in [-0.1, -0.05) is 19.0 Å². The lowest BCUT2D eigenvalue weighted by Crippen LogP contribution is -2.48. The van der Waals surface area contributed by atoms with E-state index in [1.807, 2.05) is 6.07 Å². The molecule has 0 aliphatic carbocycles. The van der Waals surface area contributed by atoms with Crippen LogP contribution in [0.2, 0.25) is 0 Å². The minimum atomic E-state index is 0.568. The van der Waals surface area contributed by atoms with E-state index in [1.54, 1.807) is 6.26 Å². The second-order valence-electron chi connectivity index (χ2n) is 5.51. The van der Waals surface area contributed by atoms with Crippen LogP contribution in [0.25, 0.3) is 0 Å². The summed E-state index contributed by atoms with van der Waals surface area (Å²) in [6.07, 6.45) is 2.89. The highest BCUT2D eigenvalue weighted by atomic mass is 16.5. The number of nitrogens with zero attached hydrogens (tertiary/aromatic N) is 3. The van der Waals surface area contributed by atoms with E-state index in [2.05, 4.69) is 41.1 Å². The third kappa shape index (κ3) is 3.98. The predicted octanol–water partition coefficient (Wildman–Crippen LogP) is 2.12. The number of hydrogen-bond acceptors (Lipinski definition) is 3. The molecule has 0 saturated carbocycles. The van der Waals surface area contributed by atoms with Crippen LogP contribution < -0.4 is 5.32 Å². The van der Waals surface area contributed by atoms with Crippen molar-refractivity contribution in [3.8, 4) is 0 Å². The Kier molecular flexibility index (Phi) is 4.82. The van der Waals surface area contributed by atoms with Gasteiger partial charge in [-0.3, -0.25) is 0 Å². The summed E-state index contributed by atoms with van der Waals surface area (Å²) in [5.41, 5.74) is 0.869. The van der Waals surface area contributed by atoms with E-state index in [0.717, 1.165) is 43.1 Å². The van der Waals surface area contributed by atoms with Crippen LogP contribution >= 0.6 is 0 Å². The van der Waals surface area contributed by atoms with Crippen molar-refractivity contribution in [2.75, 3.05) is 19.6 Å². The summed E-state index contributed by atoms with van der Waals surface area (Å²) in [5.74, 6) is 2.43. The average molecular weight is 264 g/mol. The molecule has 5 heteroatoms. The summed E-state index contributed by atoms with van der Waals surface area (Å²) in [6, 6.07) is 1.86. The second-order valence-corrected chi connectivity index (χ2v) is 5.51. The van der Waals surface area contributed by atoms with E-state index in [-0.39, 0.29) is 0 Å². The number of hydrogen-bond donors (Lipinski definition) is 1. The number of piperidine rings is 1. The zero-order chi connectivity index (χ0) is 13.7. The maximum Gasteiger partial charge on any atom is 0.194 e. The van der Waals surface area contributed by atoms with E-state index < -0.39 is 0 Å². The van der Waals surface area contributed by atoms with Crippen molar-refractivity contribution >= 4 is 5.96 Å². The standard InChI is InChI=1S/C14H24N4O/c1-4-15-14(16-8-13-5-6-19-17-13)18-9-11(2)7-12(3)10-18/h5-6,11-12H,4,7-10H2,1-3H3,(H,15,16). The Morgan fingerprint density at radius 3 is 2.79 bits per heavy atom. The Morgan fingerprint density at radius 1 is 1.47 bits per heavy atom. The highest BCUT2D eigenvalue weighted by Crippen LogP contribution is 2.20. The van der Waals surface area contributed by atoms with Gasteiger partial charge in [0.25, 0.3) is 0 Å². The van der Waals surface area contributed by atoms with Gasteiger partial charge in [0.05, 0.1) is 6.54 Å². The maximum absolute atomic E-state index is 4.83. The van der Waals surface area contributed by atoms with Gasteiger partial charge in [-0.2, -0.15) is 0 Å². The molecule has 1 aromatic heterocycles. The molecule has 106 valence electrons. The van der Waals surface area contributed by atoms with Crippen molar-refractivity contribution in [1.82, 2.24) is 15.4 Å². The molecular formula is C14H24N4O. The minimum Gasteiger partial charge on any atom is -0.364 e. The second kappa shape index (κ2) is 6.59. The Bertz CT molecular complexity index is 392. The molecule has 1 N–H and O–H groups in total. The minimum absolute atomic E-state index is 0.568. The lowest BCUT2D eigenvalue weighted by molar-refractivity contribution is 0.208. The van der Waals surface area contributed by atoms with Gasteiger partial charge in [0.15, 0.2) is 5.96 Å². The molecule has 0 aromatic carbocycles. The van der Waals surface area contributed by atoms with Gasteiger partial charge in [0, 0.05) is 25.7 Å². The molecule has 2 rings (SSSR count). The first-order valence-electron chi connectivity index (χ1n) is 7.11. The third-order valence-electron chi connectivity index (χ3n) is 3.39. The van der Waals surface area contributed by atoms with Crippen LogP contribution in [-0.4, -0.2) is 35.7 Å². The highest BCUT2D eigenvalue weighted by molar-refractivity contribution is 5.80. The number of aliphatic imine (C=N–C) groups is 1. The molecule has 1 fully saturated rings. The zero-order valence-electron chi connectivity index (χ0n) is 12.1. The molecular weight excluding hydrogens is 240 g/mol. The van der Waals surface area contributed by atoms with Gasteiger partial charge in [-0.15, -0.1) is 0 Å². The highest BCUT2D eigenvalue weighted by Gasteiger charge is 2.23. The van der Waals surface area contributed by atoms with E-state index in [4.69, 9.17) is 4.52 Å². The van der Waals surface area contributed by atoms with Crippen molar-refractivity contribution in [2.24, 2.45) is 16.8 Å². The molecule has 0 bridgehead atoms. The summed E-state index contributed by atoms with van der Waals surface area (Å²) < 4.78 is 4.83. The molecule has 1 aliphatic heterocycles. The fourth-order valence-corrected chi connectivity index (χ4v) is 2.74. The monoisotopic (exact) mass is 264 g/mol. The van der Waals surface area contributed by atoms with E-state index in [9.17, 15) is 0 Å². The first-order valence-corrected chi connectivity index (χ1v) is 7.11. The van der Waals surface area contributed by atoms with Crippen molar-refractivity contribution < 1.29 is 4.52 Å². The number of likely N-dealkylation sites (tertiary alicyclic amines) is 1. The third-order valence-corrected chi connectivity index (χ3v) is 3.39. The Morgan fingerprint density at radius 2 is 2.21 bits per heavy atom. The molecule has 2 heterocycles. The molecule has 2 unspecified atom stereocenters. The van der Waals surface area contributed by atoms with Gasteiger partial charge < -0.3 is 14.7 Å². The van der Waals surface area contributed by atoms with E-state index >= 15 is 0 Å². The summed E-state index contributed by atoms with van der Waals surface area (Å²) in [6.45, 7) is 10.3. The van der Waals surface area contributed by atoms with Crippen LogP contribution in [0.5, 0.6) is 0 Å². The lowest BCUT2D eigenvalue weighted by Gasteiger charge is -2.37. The average Bonchev–Trinajstić information content (AvgIpc) is 2.86. The topological polar surface area (TPSA) is 53.7 Å². The SMILES string of the molecule is CCNC(=NCc1ccon1)N1CC(C)CC(C)C1. The quantitative estimate of drug-likeness (QED) is 0.671. The van der Waals surface area contributed by atoms with Gasteiger partial charge in [0.2, 0.25) is 0 Å². The molecule has 0 amide bonds. The lowest BCUT2D eigenvalue weighted by atomic mass is 9.92. The van der Waals surface area contributed by atoms with Gasteiger partial charge in [-0.05, 0) is 25.2 Å². The first kappa shape index (κ1) is 13.9. The Hall–Kier alpha value is -1.52. The van der Waals surface area contributed by atoms with Crippen molar-refractivity contribution in [3.05, 3.63) is 18.0 Å². The summed E-state index contributed by atoms with van der Waals surface area (Å²) >= 11 is 0. The van der Waals surface area contributed by atoms with Gasteiger partial charge >= 0.3 is 0 Å². The summed E-state index contributed by atoms with van der Waals surface area (Å²) in [7, 11) is 0. The van der Waals surface area contributed by atoms with E-state index in [1.165, 1.54) is 6.42 Å². The fraction of sp³-hybridized carbons (Fsp3) is 0.714. The molecule has 1 aliphatic rings. The van der Waals surface area contributed by atoms with Gasteiger partial charge in [-0.25, -0.2) is 4.99 Å². The molecule has 1 aromatic rings. The van der Waals surface area contributed by atoms with Crippen LogP contribution in [0.15, 0.2) is 21.8 Å². The summed E-state index contributed by atoms with van der Waals surface area (Å²) in [4.78, 5) is 7.02. The van der Waals surface area contributed by atoms with Crippen LogP contribution in [-0.2, 0) is 6.54 Å². The van der Waals surface area contributed by atoms with Crippen molar-refractivity contribution in [1.29, 1.82) is 0 Å². The van der Waals surface area contributed by atoms with Crippen LogP contribution in [0.3, 0.4) is 0 Å². The smallest absolute Gasteiger partial charge is 0.194 e.